The quantitative estimate of drug-likeness (QED) is 0.910. The monoisotopic (exact) mass is 347 g/mol. The zero-order chi connectivity index (χ0) is 14.9. The number of halogens is 1. The van der Waals surface area contributed by atoms with E-state index in [2.05, 4.69) is 21.2 Å². The van der Waals surface area contributed by atoms with Crippen molar-refractivity contribution in [3.63, 3.8) is 0 Å². The molecular weight excluding hydrogens is 330 g/mol. The number of fused-ring (bicyclic) bond motifs is 1. The van der Waals surface area contributed by atoms with Crippen molar-refractivity contribution in [1.82, 2.24) is 5.32 Å². The molecule has 0 aromatic heterocycles. The van der Waals surface area contributed by atoms with Crippen LogP contribution in [-0.2, 0) is 4.74 Å². The molecule has 0 aliphatic heterocycles. The summed E-state index contributed by atoms with van der Waals surface area (Å²) in [5.74, 6) is -0.0388. The van der Waals surface area contributed by atoms with Crippen LogP contribution in [0.15, 0.2) is 40.9 Å². The average molecular weight is 348 g/mol. The van der Waals surface area contributed by atoms with Crippen molar-refractivity contribution in [2.75, 3.05) is 13.7 Å². The number of carbonyl (C=O) groups excluding carboxylic acids is 1. The normalized spacial score (nSPS) is 16.5. The van der Waals surface area contributed by atoms with Crippen LogP contribution in [0.2, 0.25) is 0 Å². The van der Waals surface area contributed by atoms with E-state index < -0.39 is 0 Å². The Bertz CT molecular complexity index is 674. The number of methoxy groups -OCH3 is 1. The smallest absolute Gasteiger partial charge is 0.251 e. The molecule has 21 heavy (non-hydrogen) atoms. The molecule has 2 aromatic rings. The third-order valence-electron chi connectivity index (χ3n) is 4.33. The predicted octanol–water partition coefficient (Wildman–Crippen LogP) is 3.90. The second-order valence-electron chi connectivity index (χ2n) is 5.63. The average Bonchev–Trinajstić information content (AvgIpc) is 2.45. The molecule has 0 radical (unpaired) electrons. The fourth-order valence-electron chi connectivity index (χ4n) is 2.73. The first-order chi connectivity index (χ1) is 10.1. The van der Waals surface area contributed by atoms with Crippen LogP contribution in [0.25, 0.3) is 10.8 Å². The number of nitrogens with one attached hydrogen (secondary N) is 1. The van der Waals surface area contributed by atoms with E-state index in [0.29, 0.717) is 12.1 Å². The van der Waals surface area contributed by atoms with Gasteiger partial charge in [-0.15, -0.1) is 0 Å². The van der Waals surface area contributed by atoms with Gasteiger partial charge in [0, 0.05) is 23.7 Å². The van der Waals surface area contributed by atoms with E-state index in [1.165, 1.54) is 6.42 Å². The summed E-state index contributed by atoms with van der Waals surface area (Å²) in [4.78, 5) is 12.3. The fourth-order valence-corrected chi connectivity index (χ4v) is 3.10. The van der Waals surface area contributed by atoms with Crippen LogP contribution in [-0.4, -0.2) is 25.2 Å². The van der Waals surface area contributed by atoms with Gasteiger partial charge in [0.15, 0.2) is 0 Å². The van der Waals surface area contributed by atoms with Gasteiger partial charge in [-0.1, -0.05) is 28.1 Å². The first-order valence-corrected chi connectivity index (χ1v) is 7.94. The van der Waals surface area contributed by atoms with Crippen molar-refractivity contribution in [2.45, 2.75) is 24.9 Å². The highest BCUT2D eigenvalue weighted by Gasteiger charge is 2.37. The molecule has 0 bridgehead atoms. The largest absolute Gasteiger partial charge is 0.376 e. The molecule has 4 heteroatoms. The number of hydrogen-bond donors (Lipinski definition) is 1. The summed E-state index contributed by atoms with van der Waals surface area (Å²) in [6, 6.07) is 11.8. The summed E-state index contributed by atoms with van der Waals surface area (Å²) in [5.41, 5.74) is 0.549. The first kappa shape index (κ1) is 14.5. The highest BCUT2D eigenvalue weighted by atomic mass is 79.9. The van der Waals surface area contributed by atoms with Crippen molar-refractivity contribution in [3.8, 4) is 0 Å². The van der Waals surface area contributed by atoms with E-state index >= 15 is 0 Å². The SMILES string of the molecule is COC1(CNC(=O)c2ccc3cc(Br)ccc3c2)CCC1. The summed E-state index contributed by atoms with van der Waals surface area (Å²) in [5, 5.41) is 5.18. The maximum atomic E-state index is 12.3. The standard InChI is InChI=1S/C17H18BrNO2/c1-21-17(7-2-8-17)11-19-16(20)14-4-3-13-10-15(18)6-5-12(13)9-14/h3-6,9-10H,2,7-8,11H2,1H3,(H,19,20). The Kier molecular flexibility index (Phi) is 4.00. The predicted molar refractivity (Wildman–Crippen MR) is 87.6 cm³/mol. The maximum Gasteiger partial charge on any atom is 0.251 e. The van der Waals surface area contributed by atoms with Crippen molar-refractivity contribution in [2.24, 2.45) is 0 Å². The van der Waals surface area contributed by atoms with E-state index in [1.54, 1.807) is 7.11 Å². The molecule has 110 valence electrons. The van der Waals surface area contributed by atoms with Crippen LogP contribution in [0.4, 0.5) is 0 Å². The van der Waals surface area contributed by atoms with E-state index in [9.17, 15) is 4.79 Å². The van der Waals surface area contributed by atoms with Gasteiger partial charge in [0.05, 0.1) is 5.60 Å². The lowest BCUT2D eigenvalue weighted by Gasteiger charge is -2.40. The lowest BCUT2D eigenvalue weighted by Crippen LogP contribution is -2.49. The second kappa shape index (κ2) is 5.78. The zero-order valence-electron chi connectivity index (χ0n) is 12.0. The number of rotatable bonds is 4. The van der Waals surface area contributed by atoms with Crippen molar-refractivity contribution in [3.05, 3.63) is 46.4 Å². The van der Waals surface area contributed by atoms with Gasteiger partial charge in [0.25, 0.3) is 5.91 Å². The third-order valence-corrected chi connectivity index (χ3v) is 4.83. The van der Waals surface area contributed by atoms with Gasteiger partial charge in [-0.05, 0) is 54.3 Å². The van der Waals surface area contributed by atoms with Crippen LogP contribution in [0.3, 0.4) is 0 Å². The third kappa shape index (κ3) is 2.97. The molecule has 1 aliphatic rings. The van der Waals surface area contributed by atoms with Gasteiger partial charge in [-0.3, -0.25) is 4.79 Å². The van der Waals surface area contributed by atoms with Crippen LogP contribution in [0.1, 0.15) is 29.6 Å². The van der Waals surface area contributed by atoms with Crippen molar-refractivity contribution < 1.29 is 9.53 Å². The van der Waals surface area contributed by atoms with E-state index in [0.717, 1.165) is 28.1 Å². The molecule has 0 unspecified atom stereocenters. The van der Waals surface area contributed by atoms with Gasteiger partial charge in [-0.2, -0.15) is 0 Å². The Balaban J connectivity index is 1.74. The van der Waals surface area contributed by atoms with E-state index in [4.69, 9.17) is 4.74 Å². The zero-order valence-corrected chi connectivity index (χ0v) is 13.6. The Hall–Kier alpha value is -1.39. The number of benzene rings is 2. The van der Waals surface area contributed by atoms with E-state index in [1.807, 2.05) is 36.4 Å². The Morgan fingerprint density at radius 2 is 1.95 bits per heavy atom. The molecule has 1 amide bonds. The Labute approximate surface area is 132 Å². The molecule has 1 saturated carbocycles. The van der Waals surface area contributed by atoms with Gasteiger partial charge in [0.2, 0.25) is 0 Å². The summed E-state index contributed by atoms with van der Waals surface area (Å²) in [6.45, 7) is 0.584. The first-order valence-electron chi connectivity index (χ1n) is 7.15. The molecule has 1 fully saturated rings. The topological polar surface area (TPSA) is 38.3 Å². The van der Waals surface area contributed by atoms with Crippen LogP contribution in [0.5, 0.6) is 0 Å². The molecule has 1 N–H and O–H groups in total. The highest BCUT2D eigenvalue weighted by molar-refractivity contribution is 9.10. The molecular formula is C17H18BrNO2. The van der Waals surface area contributed by atoms with Crippen LogP contribution in [0, 0.1) is 0 Å². The van der Waals surface area contributed by atoms with Crippen molar-refractivity contribution >= 4 is 32.6 Å². The minimum atomic E-state index is -0.141. The number of hydrogen-bond acceptors (Lipinski definition) is 2. The summed E-state index contributed by atoms with van der Waals surface area (Å²) >= 11 is 3.46. The van der Waals surface area contributed by atoms with Gasteiger partial charge >= 0.3 is 0 Å². The van der Waals surface area contributed by atoms with Crippen LogP contribution < -0.4 is 5.32 Å². The summed E-state index contributed by atoms with van der Waals surface area (Å²) < 4.78 is 6.56. The lowest BCUT2D eigenvalue weighted by molar-refractivity contribution is -0.0679. The highest BCUT2D eigenvalue weighted by Crippen LogP contribution is 2.34. The molecule has 0 heterocycles. The van der Waals surface area contributed by atoms with Gasteiger partial charge < -0.3 is 10.1 Å². The van der Waals surface area contributed by atoms with Crippen molar-refractivity contribution in [1.29, 1.82) is 0 Å². The molecule has 2 aromatic carbocycles. The molecule has 3 nitrogen and oxygen atoms in total. The maximum absolute atomic E-state index is 12.3. The van der Waals surface area contributed by atoms with Gasteiger partial charge in [0.1, 0.15) is 0 Å². The Morgan fingerprint density at radius 3 is 2.62 bits per heavy atom. The number of ether oxygens (including phenoxy) is 1. The second-order valence-corrected chi connectivity index (χ2v) is 6.55. The fraction of sp³-hybridized carbons (Fsp3) is 0.353. The molecule has 3 rings (SSSR count). The van der Waals surface area contributed by atoms with Gasteiger partial charge in [-0.25, -0.2) is 0 Å². The summed E-state index contributed by atoms with van der Waals surface area (Å²) in [6.07, 6.45) is 3.22. The van der Waals surface area contributed by atoms with E-state index in [-0.39, 0.29) is 11.5 Å². The Morgan fingerprint density at radius 1 is 1.24 bits per heavy atom. The molecule has 0 spiro atoms. The number of amides is 1. The number of carbonyl (C=O) groups is 1. The summed E-state index contributed by atoms with van der Waals surface area (Å²) in [7, 11) is 1.72. The van der Waals surface area contributed by atoms with Crippen LogP contribution >= 0.6 is 15.9 Å². The minimum absolute atomic E-state index is 0.0388. The molecule has 0 saturated heterocycles. The minimum Gasteiger partial charge on any atom is -0.376 e. The molecule has 0 atom stereocenters. The lowest BCUT2D eigenvalue weighted by atomic mass is 9.80. The molecule has 1 aliphatic carbocycles.